The first kappa shape index (κ1) is 5.45. The molecule has 0 bridgehead atoms. The second-order valence-corrected chi connectivity index (χ2v) is 1.84. The lowest BCUT2D eigenvalue weighted by Gasteiger charge is -1.90. The molecular weight excluding hydrogens is 122 g/mol. The highest BCUT2D eigenvalue weighted by Gasteiger charge is 1.88. The monoisotopic (exact) mass is 126 g/mol. The third-order valence-electron chi connectivity index (χ3n) is 0.835. The van der Waals surface area contributed by atoms with Crippen molar-refractivity contribution in [2.75, 3.05) is 5.73 Å². The van der Waals surface area contributed by atoms with Crippen molar-refractivity contribution in [1.82, 2.24) is 0 Å². The Morgan fingerprint density at radius 1 is 1.62 bits per heavy atom. The van der Waals surface area contributed by atoms with Crippen molar-refractivity contribution in [2.45, 2.75) is 0 Å². The van der Waals surface area contributed by atoms with E-state index in [-0.39, 0.29) is 0 Å². The standard InChI is InChI=1S/C6H5ClN/c7-5-3-1-2-4-6(5)8/h1-3H,8H2. The summed E-state index contributed by atoms with van der Waals surface area (Å²) in [6.07, 6.45) is 0. The number of halogens is 1. The average molecular weight is 127 g/mol. The van der Waals surface area contributed by atoms with E-state index in [1.54, 1.807) is 18.2 Å². The summed E-state index contributed by atoms with van der Waals surface area (Å²) in [5.41, 5.74) is 5.84. The second-order valence-electron chi connectivity index (χ2n) is 1.43. The van der Waals surface area contributed by atoms with E-state index in [0.29, 0.717) is 10.7 Å². The van der Waals surface area contributed by atoms with Crippen molar-refractivity contribution < 1.29 is 0 Å². The van der Waals surface area contributed by atoms with Gasteiger partial charge in [0.2, 0.25) is 0 Å². The van der Waals surface area contributed by atoms with Gasteiger partial charge in [-0.1, -0.05) is 23.7 Å². The van der Waals surface area contributed by atoms with E-state index in [1.165, 1.54) is 0 Å². The summed E-state index contributed by atoms with van der Waals surface area (Å²) in [6.45, 7) is 0. The smallest absolute Gasteiger partial charge is 0.0641 e. The van der Waals surface area contributed by atoms with Crippen LogP contribution in [0.25, 0.3) is 0 Å². The van der Waals surface area contributed by atoms with E-state index in [2.05, 4.69) is 6.07 Å². The van der Waals surface area contributed by atoms with Gasteiger partial charge in [-0.3, -0.25) is 0 Å². The van der Waals surface area contributed by atoms with Crippen molar-refractivity contribution in [3.63, 3.8) is 0 Å². The maximum atomic E-state index is 5.55. The number of hydrogen-bond acceptors (Lipinski definition) is 1. The fraction of sp³-hybridized carbons (Fsp3) is 0. The quantitative estimate of drug-likeness (QED) is 0.527. The summed E-state index contributed by atoms with van der Waals surface area (Å²) >= 11 is 5.55. The summed E-state index contributed by atoms with van der Waals surface area (Å²) in [7, 11) is 0. The van der Waals surface area contributed by atoms with Crippen molar-refractivity contribution in [3.05, 3.63) is 29.3 Å². The first-order chi connectivity index (χ1) is 3.80. The van der Waals surface area contributed by atoms with Gasteiger partial charge in [-0.05, 0) is 6.07 Å². The Bertz CT molecular complexity index is 165. The normalized spacial score (nSPS) is 9.12. The molecule has 0 saturated carbocycles. The molecule has 0 aromatic heterocycles. The fourth-order valence-corrected chi connectivity index (χ4v) is 0.557. The first-order valence-corrected chi connectivity index (χ1v) is 2.60. The van der Waals surface area contributed by atoms with Gasteiger partial charge in [0.25, 0.3) is 0 Å². The highest BCUT2D eigenvalue weighted by atomic mass is 35.5. The molecule has 0 heterocycles. The molecule has 0 atom stereocenters. The zero-order chi connectivity index (χ0) is 5.98. The van der Waals surface area contributed by atoms with Crippen LogP contribution in [-0.2, 0) is 0 Å². The molecule has 0 amide bonds. The SMILES string of the molecule is Nc1[c]cccc1Cl. The van der Waals surface area contributed by atoms with Gasteiger partial charge in [-0.25, -0.2) is 0 Å². The number of rotatable bonds is 0. The summed E-state index contributed by atoms with van der Waals surface area (Å²) in [5.74, 6) is 0. The van der Waals surface area contributed by atoms with Crippen molar-refractivity contribution >= 4 is 17.3 Å². The summed E-state index contributed by atoms with van der Waals surface area (Å²) in [6, 6.07) is 7.99. The zero-order valence-electron chi connectivity index (χ0n) is 4.19. The molecule has 1 radical (unpaired) electrons. The molecule has 0 aliphatic rings. The van der Waals surface area contributed by atoms with Crippen LogP contribution >= 0.6 is 11.6 Å². The zero-order valence-corrected chi connectivity index (χ0v) is 4.94. The van der Waals surface area contributed by atoms with Gasteiger partial charge in [0, 0.05) is 6.07 Å². The molecule has 0 fully saturated rings. The summed E-state index contributed by atoms with van der Waals surface area (Å²) in [4.78, 5) is 0. The molecular formula is C6H5ClN. The molecule has 2 heteroatoms. The summed E-state index contributed by atoms with van der Waals surface area (Å²) < 4.78 is 0. The van der Waals surface area contributed by atoms with E-state index < -0.39 is 0 Å². The van der Waals surface area contributed by atoms with Crippen LogP contribution in [0.2, 0.25) is 5.02 Å². The lowest BCUT2D eigenvalue weighted by atomic mass is 10.3. The molecule has 8 heavy (non-hydrogen) atoms. The lowest BCUT2D eigenvalue weighted by molar-refractivity contribution is 1.67. The molecule has 0 unspecified atom stereocenters. The second kappa shape index (κ2) is 2.05. The van der Waals surface area contributed by atoms with Gasteiger partial charge < -0.3 is 5.73 Å². The van der Waals surface area contributed by atoms with Gasteiger partial charge in [0.1, 0.15) is 0 Å². The predicted octanol–water partition coefficient (Wildman–Crippen LogP) is 1.72. The fourth-order valence-electron chi connectivity index (χ4n) is 0.429. The Morgan fingerprint density at radius 2 is 2.38 bits per heavy atom. The minimum atomic E-state index is 0.508. The van der Waals surface area contributed by atoms with Crippen LogP contribution in [0.5, 0.6) is 0 Å². The van der Waals surface area contributed by atoms with Crippen LogP contribution < -0.4 is 5.73 Å². The van der Waals surface area contributed by atoms with Gasteiger partial charge in [-0.15, -0.1) is 0 Å². The average Bonchev–Trinajstić information content (AvgIpc) is 1.77. The van der Waals surface area contributed by atoms with Gasteiger partial charge in [0.15, 0.2) is 0 Å². The van der Waals surface area contributed by atoms with Crippen LogP contribution in [0.3, 0.4) is 0 Å². The number of para-hydroxylation sites is 1. The van der Waals surface area contributed by atoms with E-state index in [9.17, 15) is 0 Å². The number of benzene rings is 1. The van der Waals surface area contributed by atoms with Crippen LogP contribution in [0.15, 0.2) is 18.2 Å². The highest BCUT2D eigenvalue weighted by Crippen LogP contribution is 2.14. The van der Waals surface area contributed by atoms with Gasteiger partial charge in [0.05, 0.1) is 10.7 Å². The van der Waals surface area contributed by atoms with Crippen LogP contribution in [-0.4, -0.2) is 0 Å². The molecule has 1 aromatic carbocycles. The molecule has 0 spiro atoms. The third kappa shape index (κ3) is 0.928. The number of nitrogen functional groups attached to an aromatic ring is 1. The number of hydrogen-bond donors (Lipinski definition) is 1. The molecule has 0 saturated heterocycles. The minimum Gasteiger partial charge on any atom is -0.397 e. The molecule has 41 valence electrons. The largest absolute Gasteiger partial charge is 0.397 e. The Labute approximate surface area is 53.1 Å². The van der Waals surface area contributed by atoms with Crippen molar-refractivity contribution in [1.29, 1.82) is 0 Å². The van der Waals surface area contributed by atoms with Crippen LogP contribution in [0.1, 0.15) is 0 Å². The van der Waals surface area contributed by atoms with Gasteiger partial charge in [-0.2, -0.15) is 0 Å². The Hall–Kier alpha value is -0.690. The molecule has 0 aliphatic carbocycles. The Balaban J connectivity index is 3.13. The molecule has 1 aromatic rings. The maximum Gasteiger partial charge on any atom is 0.0641 e. The van der Waals surface area contributed by atoms with Crippen LogP contribution in [0, 0.1) is 6.07 Å². The highest BCUT2D eigenvalue weighted by molar-refractivity contribution is 6.32. The van der Waals surface area contributed by atoms with Gasteiger partial charge >= 0.3 is 0 Å². The number of nitrogens with two attached hydrogens (primary N) is 1. The predicted molar refractivity (Wildman–Crippen MR) is 34.7 cm³/mol. The molecule has 0 aliphatic heterocycles. The van der Waals surface area contributed by atoms with Crippen molar-refractivity contribution in [2.24, 2.45) is 0 Å². The van der Waals surface area contributed by atoms with Crippen LogP contribution in [0.4, 0.5) is 5.69 Å². The van der Waals surface area contributed by atoms with E-state index in [1.807, 2.05) is 0 Å². The van der Waals surface area contributed by atoms with Crippen molar-refractivity contribution in [3.8, 4) is 0 Å². The van der Waals surface area contributed by atoms with E-state index in [0.717, 1.165) is 0 Å². The molecule has 1 nitrogen and oxygen atoms in total. The topological polar surface area (TPSA) is 26.0 Å². The minimum absolute atomic E-state index is 0.508. The summed E-state index contributed by atoms with van der Waals surface area (Å²) in [5, 5.41) is 0.563. The third-order valence-corrected chi connectivity index (χ3v) is 1.16. The lowest BCUT2D eigenvalue weighted by Crippen LogP contribution is -1.83. The van der Waals surface area contributed by atoms with E-state index >= 15 is 0 Å². The van der Waals surface area contributed by atoms with E-state index in [4.69, 9.17) is 17.3 Å². The first-order valence-electron chi connectivity index (χ1n) is 2.22. The number of anilines is 1. The molecule has 2 N–H and O–H groups in total. The maximum absolute atomic E-state index is 5.55. The molecule has 1 rings (SSSR count). The Morgan fingerprint density at radius 3 is 2.75 bits per heavy atom. The Kier molecular flexibility index (Phi) is 1.40.